The van der Waals surface area contributed by atoms with Crippen molar-refractivity contribution in [1.29, 1.82) is 0 Å². The van der Waals surface area contributed by atoms with Crippen LogP contribution in [0.4, 0.5) is 17.1 Å². The maximum atomic E-state index is 11.3. The number of carbonyl (C=O) groups is 2. The molecule has 0 spiro atoms. The summed E-state index contributed by atoms with van der Waals surface area (Å²) in [5.74, 6) is -1.27. The van der Waals surface area contributed by atoms with E-state index in [0.717, 1.165) is 5.06 Å². The number of carbonyl (C=O) groups excluding carboxylic acids is 1. The molecule has 0 fully saturated rings. The predicted molar refractivity (Wildman–Crippen MR) is 112 cm³/mol. The monoisotopic (exact) mass is 407 g/mol. The number of methoxy groups -OCH3 is 1. The van der Waals surface area contributed by atoms with Gasteiger partial charge in [0, 0.05) is 7.05 Å². The summed E-state index contributed by atoms with van der Waals surface area (Å²) in [5, 5.41) is 26.8. The second-order valence-electron chi connectivity index (χ2n) is 5.95. The van der Waals surface area contributed by atoms with Gasteiger partial charge in [0.2, 0.25) is 0 Å². The van der Waals surface area contributed by atoms with Gasteiger partial charge in [0.05, 0.1) is 35.3 Å². The van der Waals surface area contributed by atoms with E-state index in [2.05, 4.69) is 15.0 Å². The van der Waals surface area contributed by atoms with Crippen molar-refractivity contribution in [3.63, 3.8) is 0 Å². The highest BCUT2D eigenvalue weighted by molar-refractivity contribution is 5.89. The van der Waals surface area contributed by atoms with Gasteiger partial charge in [-0.3, -0.25) is 10.3 Å². The van der Waals surface area contributed by atoms with Crippen molar-refractivity contribution >= 4 is 29.0 Å². The lowest BCUT2D eigenvalue weighted by atomic mass is 10.2. The number of hydrogen-bond acceptors (Lipinski definition) is 7. The zero-order chi connectivity index (χ0) is 21.9. The third-order valence-corrected chi connectivity index (χ3v) is 3.81. The number of azo groups is 1. The van der Waals surface area contributed by atoms with Gasteiger partial charge in [-0.2, -0.15) is 10.2 Å². The van der Waals surface area contributed by atoms with Crippen molar-refractivity contribution in [2.75, 3.05) is 19.2 Å². The number of hydrogen-bond donors (Lipinski definition) is 2. The van der Waals surface area contributed by atoms with Crippen LogP contribution in [0.25, 0.3) is 0 Å². The molecule has 154 valence electrons. The number of rotatable bonds is 5. The quantitative estimate of drug-likeness (QED) is 0.346. The van der Waals surface area contributed by atoms with Gasteiger partial charge in [-0.05, 0) is 60.7 Å². The summed E-state index contributed by atoms with van der Waals surface area (Å²) >= 11 is 0. The Morgan fingerprint density at radius 1 is 0.800 bits per heavy atom. The first-order valence-electron chi connectivity index (χ1n) is 8.82. The van der Waals surface area contributed by atoms with Crippen LogP contribution in [0.1, 0.15) is 20.7 Å². The fourth-order valence-corrected chi connectivity index (χ4v) is 2.21. The van der Waals surface area contributed by atoms with Crippen LogP contribution in [-0.2, 0) is 4.74 Å². The Bertz CT molecular complexity index is 986. The molecule has 0 saturated heterocycles. The van der Waals surface area contributed by atoms with Gasteiger partial charge in [-0.15, -0.1) is 0 Å². The van der Waals surface area contributed by atoms with Crippen molar-refractivity contribution in [2.24, 2.45) is 10.2 Å². The molecule has 0 bridgehead atoms. The first-order chi connectivity index (χ1) is 14.4. The molecule has 0 aliphatic rings. The first kappa shape index (κ1) is 22.3. The molecule has 8 nitrogen and oxygen atoms in total. The maximum Gasteiger partial charge on any atom is 0.337 e. The topological polar surface area (TPSA) is 112 Å². The largest absolute Gasteiger partial charge is 0.478 e. The summed E-state index contributed by atoms with van der Waals surface area (Å²) in [6.07, 6.45) is 0. The van der Waals surface area contributed by atoms with E-state index >= 15 is 0 Å². The summed E-state index contributed by atoms with van der Waals surface area (Å²) in [6.45, 7) is 0. The Balaban J connectivity index is 0.000000297. The number of anilines is 1. The number of nitrogens with zero attached hydrogens (tertiary/aromatic N) is 3. The lowest BCUT2D eigenvalue weighted by Gasteiger charge is -2.09. The van der Waals surface area contributed by atoms with Crippen LogP contribution in [0.3, 0.4) is 0 Å². The van der Waals surface area contributed by atoms with E-state index in [0.29, 0.717) is 28.2 Å². The summed E-state index contributed by atoms with van der Waals surface area (Å²) in [5.41, 5.74) is 2.75. The van der Waals surface area contributed by atoms with Gasteiger partial charge in [0.25, 0.3) is 0 Å². The highest BCUT2D eigenvalue weighted by Gasteiger charge is 2.03. The average molecular weight is 407 g/mol. The van der Waals surface area contributed by atoms with Gasteiger partial charge in [0.15, 0.2) is 0 Å². The second-order valence-corrected chi connectivity index (χ2v) is 5.95. The summed E-state index contributed by atoms with van der Waals surface area (Å²) in [4.78, 5) is 21.5. The highest BCUT2D eigenvalue weighted by Crippen LogP contribution is 2.21. The Morgan fingerprint density at radius 3 is 1.70 bits per heavy atom. The summed E-state index contributed by atoms with van der Waals surface area (Å²) < 4.78 is 4.62. The summed E-state index contributed by atoms with van der Waals surface area (Å²) in [7, 11) is 2.88. The van der Waals surface area contributed by atoms with Crippen molar-refractivity contribution in [3.8, 4) is 0 Å². The molecule has 30 heavy (non-hydrogen) atoms. The smallest absolute Gasteiger partial charge is 0.337 e. The van der Waals surface area contributed by atoms with Crippen LogP contribution in [0.5, 0.6) is 0 Å². The van der Waals surface area contributed by atoms with Gasteiger partial charge in [0.1, 0.15) is 0 Å². The minimum Gasteiger partial charge on any atom is -0.478 e. The fraction of sp³-hybridized carbons (Fsp3) is 0.0909. The molecule has 0 amide bonds. The second kappa shape index (κ2) is 11.1. The Labute approximate surface area is 173 Å². The molecule has 3 aromatic carbocycles. The van der Waals surface area contributed by atoms with Crippen molar-refractivity contribution in [1.82, 2.24) is 0 Å². The molecular weight excluding hydrogens is 386 g/mol. The molecule has 3 aromatic rings. The third-order valence-electron chi connectivity index (χ3n) is 3.81. The number of esters is 1. The standard InChI is InChI=1S/C15H15N3O3.C7H6O2/c1-18(20)14-9-7-13(8-10-14)17-16-12-5-3-11(4-6-12)15(19)21-2;8-7(9)6-4-2-1-3-5-6/h3-10,20H,1-2H3;1-5H,(H,8,9). The van der Waals surface area contributed by atoms with E-state index in [1.165, 1.54) is 7.11 Å². The van der Waals surface area contributed by atoms with Gasteiger partial charge >= 0.3 is 11.9 Å². The molecule has 3 rings (SSSR count). The van der Waals surface area contributed by atoms with E-state index in [-0.39, 0.29) is 5.97 Å². The number of hydroxylamine groups is 1. The van der Waals surface area contributed by atoms with E-state index in [1.807, 2.05) is 0 Å². The van der Waals surface area contributed by atoms with Crippen LogP contribution in [0.2, 0.25) is 0 Å². The Morgan fingerprint density at radius 2 is 1.30 bits per heavy atom. The van der Waals surface area contributed by atoms with Crippen molar-refractivity contribution < 1.29 is 24.6 Å². The van der Waals surface area contributed by atoms with Crippen LogP contribution in [0, 0.1) is 0 Å². The van der Waals surface area contributed by atoms with Gasteiger partial charge in [-0.25, -0.2) is 9.59 Å². The maximum absolute atomic E-state index is 11.3. The predicted octanol–water partition coefficient (Wildman–Crippen LogP) is 5.10. The minimum absolute atomic E-state index is 0.331. The molecule has 0 radical (unpaired) electrons. The SMILES string of the molecule is COC(=O)c1ccc(N=Nc2ccc(N(C)O)cc2)cc1.O=C(O)c1ccccc1. The Hall–Kier alpha value is -4.04. The van der Waals surface area contributed by atoms with E-state index in [4.69, 9.17) is 5.11 Å². The van der Waals surface area contributed by atoms with Crippen molar-refractivity contribution in [3.05, 3.63) is 90.0 Å². The summed E-state index contributed by atoms with van der Waals surface area (Å²) in [6, 6.07) is 21.9. The molecule has 0 heterocycles. The van der Waals surface area contributed by atoms with Crippen molar-refractivity contribution in [2.45, 2.75) is 0 Å². The number of benzene rings is 3. The zero-order valence-corrected chi connectivity index (χ0v) is 16.5. The molecule has 0 saturated carbocycles. The Kier molecular flexibility index (Phi) is 8.22. The minimum atomic E-state index is -0.879. The van der Waals surface area contributed by atoms with Crippen LogP contribution < -0.4 is 5.06 Å². The normalized spacial score (nSPS) is 10.1. The number of carboxylic acid groups (broad SMARTS) is 1. The van der Waals surface area contributed by atoms with E-state index in [9.17, 15) is 14.8 Å². The molecule has 0 atom stereocenters. The lowest BCUT2D eigenvalue weighted by Crippen LogP contribution is -2.08. The van der Waals surface area contributed by atoms with E-state index in [1.54, 1.807) is 85.9 Å². The number of aromatic carboxylic acids is 1. The van der Waals surface area contributed by atoms with Gasteiger partial charge in [-0.1, -0.05) is 18.2 Å². The fourth-order valence-electron chi connectivity index (χ4n) is 2.21. The van der Waals surface area contributed by atoms with Crippen LogP contribution in [0.15, 0.2) is 89.1 Å². The van der Waals surface area contributed by atoms with E-state index < -0.39 is 5.97 Å². The molecule has 0 aliphatic heterocycles. The molecule has 0 unspecified atom stereocenters. The van der Waals surface area contributed by atoms with Gasteiger partial charge < -0.3 is 9.84 Å². The van der Waals surface area contributed by atoms with Crippen LogP contribution in [-0.4, -0.2) is 36.4 Å². The number of ether oxygens (including phenoxy) is 1. The first-order valence-corrected chi connectivity index (χ1v) is 8.82. The molecule has 8 heteroatoms. The molecular formula is C22H21N3O5. The van der Waals surface area contributed by atoms with Crippen LogP contribution >= 0.6 is 0 Å². The lowest BCUT2D eigenvalue weighted by molar-refractivity contribution is 0.0600. The third kappa shape index (κ3) is 6.84. The number of carboxylic acids is 1. The average Bonchev–Trinajstić information content (AvgIpc) is 2.78. The molecule has 0 aromatic heterocycles. The molecule has 2 N–H and O–H groups in total. The molecule has 0 aliphatic carbocycles. The highest BCUT2D eigenvalue weighted by atomic mass is 16.5. The zero-order valence-electron chi connectivity index (χ0n) is 16.5.